The van der Waals surface area contributed by atoms with Gasteiger partial charge in [0.15, 0.2) is 5.92 Å². The lowest BCUT2D eigenvalue weighted by Gasteiger charge is -2.21. The van der Waals surface area contributed by atoms with E-state index in [4.69, 9.17) is 22.1 Å². The van der Waals surface area contributed by atoms with Gasteiger partial charge in [-0.2, -0.15) is 0 Å². The van der Waals surface area contributed by atoms with Crippen LogP contribution in [0.5, 0.6) is 0 Å². The van der Waals surface area contributed by atoms with Crippen molar-refractivity contribution in [1.82, 2.24) is 0 Å². The van der Waals surface area contributed by atoms with E-state index in [0.717, 1.165) is 22.3 Å². The Balaban J connectivity index is 1.50. The van der Waals surface area contributed by atoms with Gasteiger partial charge in [-0.1, -0.05) is 78.3 Å². The summed E-state index contributed by atoms with van der Waals surface area (Å²) in [6.07, 6.45) is 0.154. The minimum atomic E-state index is -1.48. The average Bonchev–Trinajstić information content (AvgIpc) is 3.07. The van der Waals surface area contributed by atoms with Gasteiger partial charge in [-0.15, -0.1) is 0 Å². The van der Waals surface area contributed by atoms with Crippen LogP contribution in [-0.2, 0) is 20.7 Å². The first kappa shape index (κ1) is 21.1. The van der Waals surface area contributed by atoms with E-state index in [-0.39, 0.29) is 18.9 Å². The zero-order valence-corrected chi connectivity index (χ0v) is 17.5. The van der Waals surface area contributed by atoms with Gasteiger partial charge in [0.2, 0.25) is 0 Å². The summed E-state index contributed by atoms with van der Waals surface area (Å²) in [6, 6.07) is 22.0. The third kappa shape index (κ3) is 4.20. The summed E-state index contributed by atoms with van der Waals surface area (Å²) in [4.78, 5) is 24.6. The molecule has 0 aromatic heterocycles. The van der Waals surface area contributed by atoms with Crippen molar-refractivity contribution in [2.75, 3.05) is 6.61 Å². The second-order valence-corrected chi connectivity index (χ2v) is 8.04. The Bertz CT molecular complexity index is 1080. The van der Waals surface area contributed by atoms with E-state index < -0.39 is 23.9 Å². The monoisotopic (exact) mass is 435 g/mol. The molecule has 1 aliphatic carbocycles. The lowest BCUT2D eigenvalue weighted by molar-refractivity contribution is -0.159. The van der Waals surface area contributed by atoms with Crippen LogP contribution >= 0.6 is 11.6 Å². The van der Waals surface area contributed by atoms with Crippen molar-refractivity contribution in [1.29, 1.82) is 0 Å². The summed E-state index contributed by atoms with van der Waals surface area (Å²) in [5, 5.41) is 10.1. The zero-order valence-electron chi connectivity index (χ0n) is 16.7. The van der Waals surface area contributed by atoms with Gasteiger partial charge in [-0.25, -0.2) is 0 Å². The number of fused-ring (bicyclic) bond motifs is 3. The van der Waals surface area contributed by atoms with Crippen LogP contribution in [0.15, 0.2) is 72.8 Å². The van der Waals surface area contributed by atoms with Gasteiger partial charge >= 0.3 is 11.9 Å². The first-order chi connectivity index (χ1) is 15.0. The number of nitrogens with two attached hydrogens (primary N) is 1. The third-order valence-corrected chi connectivity index (χ3v) is 6.09. The zero-order chi connectivity index (χ0) is 22.0. The number of esters is 1. The lowest BCUT2D eigenvalue weighted by Crippen LogP contribution is -2.43. The summed E-state index contributed by atoms with van der Waals surface area (Å²) in [5.41, 5.74) is 11.1. The number of benzene rings is 3. The van der Waals surface area contributed by atoms with Crippen molar-refractivity contribution in [3.8, 4) is 11.1 Å². The average molecular weight is 436 g/mol. The van der Waals surface area contributed by atoms with Crippen LogP contribution in [0.2, 0.25) is 5.02 Å². The van der Waals surface area contributed by atoms with Crippen molar-refractivity contribution in [3.05, 3.63) is 94.5 Å². The fraction of sp³-hybridized carbons (Fsp3) is 0.200. The van der Waals surface area contributed by atoms with Gasteiger partial charge in [0.1, 0.15) is 6.61 Å². The Morgan fingerprint density at radius 1 is 0.935 bits per heavy atom. The van der Waals surface area contributed by atoms with Crippen molar-refractivity contribution >= 4 is 23.5 Å². The maximum atomic E-state index is 12.8. The number of carboxylic acid groups (broad SMARTS) is 1. The standard InChI is InChI=1S/C25H22ClNO4/c26-21-12-6-1-7-15(21)13-22(27)23(24(28)29)25(30)31-14-20-18-10-4-2-8-16(18)17-9-3-5-11-19(17)20/h1-12,20,22-23H,13-14,27H2,(H,28,29). The molecule has 5 nitrogen and oxygen atoms in total. The maximum absolute atomic E-state index is 12.8. The van der Waals surface area contributed by atoms with E-state index in [1.54, 1.807) is 24.3 Å². The molecule has 4 rings (SSSR count). The molecule has 2 unspecified atom stereocenters. The van der Waals surface area contributed by atoms with Crippen molar-refractivity contribution in [2.24, 2.45) is 11.7 Å². The molecule has 0 heterocycles. The molecule has 3 aromatic carbocycles. The molecule has 0 amide bonds. The number of carboxylic acids is 1. The number of aliphatic carboxylic acids is 1. The SMILES string of the molecule is NC(Cc1ccccc1Cl)C(C(=O)O)C(=O)OCC1c2ccccc2-c2ccccc21. The molecule has 3 N–H and O–H groups in total. The van der Waals surface area contributed by atoms with Crippen molar-refractivity contribution in [2.45, 2.75) is 18.4 Å². The van der Waals surface area contributed by atoms with Gasteiger partial charge in [0, 0.05) is 17.0 Å². The summed E-state index contributed by atoms with van der Waals surface area (Å²) in [5.74, 6) is -3.78. The number of hydrogen-bond donors (Lipinski definition) is 2. The van der Waals surface area contributed by atoms with E-state index in [2.05, 4.69) is 0 Å². The van der Waals surface area contributed by atoms with Crippen molar-refractivity contribution in [3.63, 3.8) is 0 Å². The van der Waals surface area contributed by atoms with Crippen molar-refractivity contribution < 1.29 is 19.4 Å². The molecule has 0 spiro atoms. The minimum absolute atomic E-state index is 0.0510. The summed E-state index contributed by atoms with van der Waals surface area (Å²) >= 11 is 6.16. The number of rotatable bonds is 7. The van der Waals surface area contributed by atoms with Gasteiger partial charge in [-0.05, 0) is 40.3 Å². The first-order valence-electron chi connectivity index (χ1n) is 10.0. The van der Waals surface area contributed by atoms with Crippen LogP contribution in [0.3, 0.4) is 0 Å². The smallest absolute Gasteiger partial charge is 0.321 e. The van der Waals surface area contributed by atoms with Gasteiger partial charge in [-0.3, -0.25) is 9.59 Å². The van der Waals surface area contributed by atoms with E-state index >= 15 is 0 Å². The molecule has 0 saturated carbocycles. The lowest BCUT2D eigenvalue weighted by atomic mass is 9.94. The number of carbonyl (C=O) groups is 2. The van der Waals surface area contributed by atoms with E-state index in [1.807, 2.05) is 48.5 Å². The number of hydrogen-bond acceptors (Lipinski definition) is 4. The van der Waals surface area contributed by atoms with E-state index in [9.17, 15) is 14.7 Å². The van der Waals surface area contributed by atoms with E-state index in [1.165, 1.54) is 0 Å². The van der Waals surface area contributed by atoms with Crippen LogP contribution < -0.4 is 5.73 Å². The first-order valence-corrected chi connectivity index (χ1v) is 10.4. The highest BCUT2D eigenvalue weighted by atomic mass is 35.5. The molecule has 2 atom stereocenters. The molecule has 31 heavy (non-hydrogen) atoms. The molecule has 3 aromatic rings. The van der Waals surface area contributed by atoms with Crippen LogP contribution in [0.25, 0.3) is 11.1 Å². The molecule has 0 saturated heterocycles. The molecule has 6 heteroatoms. The summed E-state index contributed by atoms with van der Waals surface area (Å²) < 4.78 is 5.52. The fourth-order valence-corrected chi connectivity index (χ4v) is 4.40. The van der Waals surface area contributed by atoms with Crippen LogP contribution in [0, 0.1) is 5.92 Å². The second-order valence-electron chi connectivity index (χ2n) is 7.63. The maximum Gasteiger partial charge on any atom is 0.321 e. The molecular weight excluding hydrogens is 414 g/mol. The third-order valence-electron chi connectivity index (χ3n) is 5.72. The quantitative estimate of drug-likeness (QED) is 0.427. The minimum Gasteiger partial charge on any atom is -0.481 e. The Kier molecular flexibility index (Phi) is 6.07. The van der Waals surface area contributed by atoms with Crippen LogP contribution in [0.4, 0.5) is 0 Å². The predicted molar refractivity (Wildman–Crippen MR) is 119 cm³/mol. The second kappa shape index (κ2) is 8.92. The highest BCUT2D eigenvalue weighted by Crippen LogP contribution is 2.44. The Morgan fingerprint density at radius 3 is 2.06 bits per heavy atom. The molecular formula is C25H22ClNO4. The van der Waals surface area contributed by atoms with Gasteiger partial charge in [0.05, 0.1) is 0 Å². The molecule has 0 radical (unpaired) electrons. The Labute approximate surface area is 185 Å². The van der Waals surface area contributed by atoms with Gasteiger partial charge in [0.25, 0.3) is 0 Å². The highest BCUT2D eigenvalue weighted by molar-refractivity contribution is 6.31. The van der Waals surface area contributed by atoms with Gasteiger partial charge < -0.3 is 15.6 Å². The Morgan fingerprint density at radius 2 is 1.48 bits per heavy atom. The Hall–Kier alpha value is -3.15. The predicted octanol–water partition coefficient (Wildman–Crippen LogP) is 4.27. The summed E-state index contributed by atoms with van der Waals surface area (Å²) in [7, 11) is 0. The van der Waals surface area contributed by atoms with Crippen LogP contribution in [0.1, 0.15) is 22.6 Å². The molecule has 0 bridgehead atoms. The fourth-order valence-electron chi connectivity index (χ4n) is 4.19. The number of carbonyl (C=O) groups excluding carboxylic acids is 1. The largest absolute Gasteiger partial charge is 0.481 e. The van der Waals surface area contributed by atoms with Crippen LogP contribution in [-0.4, -0.2) is 29.7 Å². The topological polar surface area (TPSA) is 89.6 Å². The summed E-state index contributed by atoms with van der Waals surface area (Å²) in [6.45, 7) is 0.0510. The number of ether oxygens (including phenoxy) is 1. The molecule has 158 valence electrons. The van der Waals surface area contributed by atoms with E-state index in [0.29, 0.717) is 10.6 Å². The highest BCUT2D eigenvalue weighted by Gasteiger charge is 2.36. The normalized spacial score (nSPS) is 14.4. The molecule has 0 fully saturated rings. The number of halogens is 1. The molecule has 1 aliphatic rings. The molecule has 0 aliphatic heterocycles.